The summed E-state index contributed by atoms with van der Waals surface area (Å²) in [5.74, 6) is 0. The van der Waals surface area contributed by atoms with Crippen LogP contribution in [0.3, 0.4) is 0 Å². The number of aromatic amines is 1. The van der Waals surface area contributed by atoms with E-state index in [-0.39, 0.29) is 5.43 Å². The number of allylic oxidation sites excluding steroid dienone is 2. The molecule has 0 bridgehead atoms. The second-order valence-corrected chi connectivity index (χ2v) is 7.62. The molecule has 1 aliphatic rings. The van der Waals surface area contributed by atoms with Gasteiger partial charge in [0.1, 0.15) is 6.29 Å². The molecule has 0 aliphatic carbocycles. The Balaban J connectivity index is 1.87. The largest absolute Gasteiger partial charge is 0.355 e. The van der Waals surface area contributed by atoms with E-state index in [1.807, 2.05) is 78.9 Å². The average molecular weight is 404 g/mol. The van der Waals surface area contributed by atoms with E-state index in [0.29, 0.717) is 21.9 Å². The zero-order valence-electron chi connectivity index (χ0n) is 17.0. The summed E-state index contributed by atoms with van der Waals surface area (Å²) in [5, 5.41) is 5.17. The second kappa shape index (κ2) is 7.58. The summed E-state index contributed by atoms with van der Waals surface area (Å²) < 4.78 is 0. The van der Waals surface area contributed by atoms with Crippen LogP contribution in [0.15, 0.2) is 88.9 Å². The first kappa shape index (κ1) is 18.8. The number of H-pyrrole nitrogens is 1. The van der Waals surface area contributed by atoms with E-state index in [9.17, 15) is 9.59 Å². The number of carbonyl (C=O) groups excluding carboxylic acids is 1. The van der Waals surface area contributed by atoms with Crippen molar-refractivity contribution in [3.63, 3.8) is 0 Å². The molecule has 2 N–H and O–H groups in total. The van der Waals surface area contributed by atoms with Crippen LogP contribution in [0.25, 0.3) is 34.2 Å². The lowest BCUT2D eigenvalue weighted by Crippen LogP contribution is -2.42. The minimum atomic E-state index is -0.0739. The molecule has 1 aliphatic heterocycles. The molecule has 0 radical (unpaired) electrons. The quantitative estimate of drug-likeness (QED) is 0.396. The minimum absolute atomic E-state index is 0.0739. The van der Waals surface area contributed by atoms with E-state index in [4.69, 9.17) is 0 Å². The highest BCUT2D eigenvalue weighted by Crippen LogP contribution is 2.22. The fourth-order valence-electron chi connectivity index (χ4n) is 3.88. The van der Waals surface area contributed by atoms with E-state index >= 15 is 0 Å². The third-order valence-corrected chi connectivity index (χ3v) is 5.60. The molecule has 4 heteroatoms. The van der Waals surface area contributed by atoms with Crippen molar-refractivity contribution in [2.24, 2.45) is 0 Å². The maximum absolute atomic E-state index is 13.6. The SMILES string of the molecule is C\C(C=O)=C1/C=c2/c(=O)c3cc(-c4ccccc4)ccc3[nH]/c2=C/c2ccccc2N1. The third kappa shape index (κ3) is 3.38. The highest BCUT2D eigenvalue weighted by Gasteiger charge is 2.11. The predicted molar refractivity (Wildman–Crippen MR) is 126 cm³/mol. The average Bonchev–Trinajstić information content (AvgIpc) is 2.80. The maximum atomic E-state index is 13.6. The van der Waals surface area contributed by atoms with E-state index < -0.39 is 0 Å². The smallest absolute Gasteiger partial charge is 0.197 e. The number of pyridine rings is 1. The van der Waals surface area contributed by atoms with Gasteiger partial charge in [0.2, 0.25) is 0 Å². The van der Waals surface area contributed by atoms with Crippen molar-refractivity contribution in [2.75, 3.05) is 5.32 Å². The summed E-state index contributed by atoms with van der Waals surface area (Å²) in [5.41, 5.74) is 5.69. The lowest BCUT2D eigenvalue weighted by molar-refractivity contribution is -0.104. The number of nitrogens with one attached hydrogen (secondary N) is 2. The maximum Gasteiger partial charge on any atom is 0.197 e. The van der Waals surface area contributed by atoms with Gasteiger partial charge in [0, 0.05) is 38.6 Å². The van der Waals surface area contributed by atoms with Crippen molar-refractivity contribution in [3.8, 4) is 11.1 Å². The number of carbonyl (C=O) groups is 1. The molecule has 0 saturated heterocycles. The number of hydrogen-bond donors (Lipinski definition) is 2. The molecule has 5 rings (SSSR count). The first-order valence-electron chi connectivity index (χ1n) is 10.1. The first-order valence-corrected chi connectivity index (χ1v) is 10.1. The van der Waals surface area contributed by atoms with E-state index in [0.717, 1.165) is 39.5 Å². The van der Waals surface area contributed by atoms with Crippen molar-refractivity contribution >= 4 is 35.0 Å². The highest BCUT2D eigenvalue weighted by molar-refractivity contribution is 5.86. The molecule has 0 spiro atoms. The van der Waals surface area contributed by atoms with Gasteiger partial charge in [-0.25, -0.2) is 0 Å². The van der Waals surface area contributed by atoms with E-state index in [2.05, 4.69) is 10.3 Å². The molecule has 0 fully saturated rings. The molecule has 0 saturated carbocycles. The van der Waals surface area contributed by atoms with Crippen molar-refractivity contribution in [1.82, 2.24) is 4.98 Å². The van der Waals surface area contributed by atoms with E-state index in [1.165, 1.54) is 0 Å². The van der Waals surface area contributed by atoms with Gasteiger partial charge in [0.25, 0.3) is 0 Å². The Hall–Kier alpha value is -4.18. The van der Waals surface area contributed by atoms with Crippen LogP contribution in [0.2, 0.25) is 0 Å². The van der Waals surface area contributed by atoms with Crippen LogP contribution in [0.4, 0.5) is 5.69 Å². The number of para-hydroxylation sites is 1. The number of hydrogen-bond acceptors (Lipinski definition) is 3. The second-order valence-electron chi connectivity index (χ2n) is 7.62. The van der Waals surface area contributed by atoms with Gasteiger partial charge in [0.05, 0.1) is 5.35 Å². The van der Waals surface area contributed by atoms with Gasteiger partial charge < -0.3 is 10.3 Å². The van der Waals surface area contributed by atoms with Gasteiger partial charge in [-0.2, -0.15) is 0 Å². The topological polar surface area (TPSA) is 62.0 Å². The molecule has 3 aromatic carbocycles. The zero-order chi connectivity index (χ0) is 21.4. The van der Waals surface area contributed by atoms with Gasteiger partial charge in [-0.05, 0) is 48.4 Å². The molecule has 1 aromatic heterocycles. The van der Waals surface area contributed by atoms with Crippen LogP contribution in [-0.4, -0.2) is 11.3 Å². The fourth-order valence-corrected chi connectivity index (χ4v) is 3.88. The van der Waals surface area contributed by atoms with Crippen molar-refractivity contribution in [1.29, 1.82) is 0 Å². The van der Waals surface area contributed by atoms with Crippen LogP contribution in [0.1, 0.15) is 12.5 Å². The number of aromatic nitrogens is 1. The van der Waals surface area contributed by atoms with Gasteiger partial charge in [-0.15, -0.1) is 0 Å². The summed E-state index contributed by atoms with van der Waals surface area (Å²) in [4.78, 5) is 28.5. The lowest BCUT2D eigenvalue weighted by atomic mass is 10.0. The monoisotopic (exact) mass is 404 g/mol. The lowest BCUT2D eigenvalue weighted by Gasteiger charge is -2.14. The number of fused-ring (bicyclic) bond motifs is 3. The number of benzene rings is 3. The Bertz CT molecular complexity index is 1540. The summed E-state index contributed by atoms with van der Waals surface area (Å²) in [6.07, 6.45) is 4.53. The molecular weight excluding hydrogens is 384 g/mol. The molecule has 0 unspecified atom stereocenters. The summed E-state index contributed by atoms with van der Waals surface area (Å²) >= 11 is 0. The van der Waals surface area contributed by atoms with Gasteiger partial charge >= 0.3 is 0 Å². The minimum Gasteiger partial charge on any atom is -0.355 e. The van der Waals surface area contributed by atoms with Gasteiger partial charge in [-0.1, -0.05) is 54.6 Å². The summed E-state index contributed by atoms with van der Waals surface area (Å²) in [6, 6.07) is 23.7. The number of aldehydes is 1. The number of rotatable bonds is 2. The molecule has 4 aromatic rings. The molecule has 0 atom stereocenters. The van der Waals surface area contributed by atoms with Crippen molar-refractivity contribution < 1.29 is 4.79 Å². The summed E-state index contributed by atoms with van der Waals surface area (Å²) in [6.45, 7) is 1.74. The first-order chi connectivity index (χ1) is 15.1. The molecular formula is C27H20N2O2. The van der Waals surface area contributed by atoms with Crippen LogP contribution in [-0.2, 0) is 4.79 Å². The Labute approximate surface area is 178 Å². The Morgan fingerprint density at radius 2 is 1.65 bits per heavy atom. The summed E-state index contributed by atoms with van der Waals surface area (Å²) in [7, 11) is 0. The van der Waals surface area contributed by atoms with Crippen LogP contribution < -0.4 is 21.3 Å². The van der Waals surface area contributed by atoms with Crippen molar-refractivity contribution in [3.05, 3.63) is 110 Å². The van der Waals surface area contributed by atoms with Gasteiger partial charge in [-0.3, -0.25) is 9.59 Å². The Kier molecular flexibility index (Phi) is 4.60. The fraction of sp³-hybridized carbons (Fsp3) is 0.0370. The van der Waals surface area contributed by atoms with Crippen LogP contribution >= 0.6 is 0 Å². The molecule has 31 heavy (non-hydrogen) atoms. The van der Waals surface area contributed by atoms with Crippen LogP contribution in [0, 0.1) is 0 Å². The molecule has 4 nitrogen and oxygen atoms in total. The molecule has 150 valence electrons. The van der Waals surface area contributed by atoms with Crippen molar-refractivity contribution in [2.45, 2.75) is 6.92 Å². The predicted octanol–water partition coefficient (Wildman–Crippen LogP) is 3.70. The highest BCUT2D eigenvalue weighted by atomic mass is 16.1. The molecule has 2 heterocycles. The normalized spacial score (nSPS) is 16.3. The number of anilines is 1. The van der Waals surface area contributed by atoms with Crippen LogP contribution in [0.5, 0.6) is 0 Å². The van der Waals surface area contributed by atoms with Gasteiger partial charge in [0.15, 0.2) is 5.43 Å². The zero-order valence-corrected chi connectivity index (χ0v) is 17.0. The Morgan fingerprint density at radius 3 is 2.45 bits per heavy atom. The third-order valence-electron chi connectivity index (χ3n) is 5.60. The van der Waals surface area contributed by atoms with E-state index in [1.54, 1.807) is 13.0 Å². The standard InChI is InChI=1S/C27H20N2O2/c1-17(16-30)25-15-22-26(14-20-9-5-6-10-23(20)28-25)29-24-12-11-19(13-21(24)27(22)31)18-7-3-2-4-8-18/h2-16,28-29H,1H3/b22-15+,25-17-,26-14+. The Morgan fingerprint density at radius 1 is 0.871 bits per heavy atom. The molecule has 0 amide bonds.